The van der Waals surface area contributed by atoms with Gasteiger partial charge in [0.25, 0.3) is 0 Å². The van der Waals surface area contributed by atoms with E-state index in [9.17, 15) is 13.2 Å². The average molecular weight is 331 g/mol. The molecule has 0 atom stereocenters. The molecule has 0 aromatic heterocycles. The SMILES string of the molecule is CCc1ccc(NC(=O)CS(=O)(=O)Cc2ccc(C)cc2)cc1. The third-order valence-electron chi connectivity index (χ3n) is 3.50. The van der Waals surface area contributed by atoms with Crippen LogP contribution in [0.25, 0.3) is 0 Å². The predicted octanol–water partition coefficient (Wildman–Crippen LogP) is 3.11. The highest BCUT2D eigenvalue weighted by molar-refractivity contribution is 7.91. The summed E-state index contributed by atoms with van der Waals surface area (Å²) in [6.45, 7) is 3.99. The molecule has 0 aliphatic rings. The molecule has 5 heteroatoms. The topological polar surface area (TPSA) is 63.2 Å². The molecule has 0 radical (unpaired) electrons. The summed E-state index contributed by atoms with van der Waals surface area (Å²) in [7, 11) is -3.49. The lowest BCUT2D eigenvalue weighted by molar-refractivity contribution is -0.113. The molecule has 0 fully saturated rings. The van der Waals surface area contributed by atoms with Crippen LogP contribution in [-0.4, -0.2) is 20.1 Å². The van der Waals surface area contributed by atoms with Crippen molar-refractivity contribution in [3.63, 3.8) is 0 Å². The summed E-state index contributed by atoms with van der Waals surface area (Å²) in [5, 5.41) is 2.63. The van der Waals surface area contributed by atoms with E-state index in [4.69, 9.17) is 0 Å². The Bertz CT molecular complexity index is 763. The molecule has 1 amide bonds. The Morgan fingerprint density at radius 3 is 2.09 bits per heavy atom. The lowest BCUT2D eigenvalue weighted by Gasteiger charge is -2.07. The summed E-state index contributed by atoms with van der Waals surface area (Å²) in [6, 6.07) is 14.7. The molecule has 2 rings (SSSR count). The number of benzene rings is 2. The summed E-state index contributed by atoms with van der Waals surface area (Å²) < 4.78 is 24.3. The fourth-order valence-electron chi connectivity index (χ4n) is 2.21. The lowest BCUT2D eigenvalue weighted by atomic mass is 10.1. The van der Waals surface area contributed by atoms with Gasteiger partial charge < -0.3 is 5.32 Å². The van der Waals surface area contributed by atoms with Crippen molar-refractivity contribution in [2.24, 2.45) is 0 Å². The van der Waals surface area contributed by atoms with E-state index < -0.39 is 21.5 Å². The Kier molecular flexibility index (Phi) is 5.55. The van der Waals surface area contributed by atoms with E-state index in [-0.39, 0.29) is 5.75 Å². The Balaban J connectivity index is 1.96. The monoisotopic (exact) mass is 331 g/mol. The van der Waals surface area contributed by atoms with Crippen molar-refractivity contribution in [1.82, 2.24) is 0 Å². The third kappa shape index (κ3) is 5.53. The zero-order valence-corrected chi connectivity index (χ0v) is 14.2. The van der Waals surface area contributed by atoms with Gasteiger partial charge in [-0.1, -0.05) is 48.9 Å². The molecule has 2 aromatic rings. The second-order valence-electron chi connectivity index (χ2n) is 5.62. The van der Waals surface area contributed by atoms with E-state index in [0.29, 0.717) is 11.3 Å². The standard InChI is InChI=1S/C18H21NO3S/c1-3-15-8-10-17(11-9-15)19-18(20)13-23(21,22)12-16-6-4-14(2)5-7-16/h4-11H,3,12-13H2,1-2H3,(H,19,20). The number of anilines is 1. The summed E-state index contributed by atoms with van der Waals surface area (Å²) in [4.78, 5) is 11.9. The van der Waals surface area contributed by atoms with Gasteiger partial charge in [-0.2, -0.15) is 0 Å². The molecule has 23 heavy (non-hydrogen) atoms. The number of rotatable bonds is 6. The number of sulfone groups is 1. The molecule has 0 aliphatic carbocycles. The van der Waals surface area contributed by atoms with Gasteiger partial charge in [-0.3, -0.25) is 4.79 Å². The zero-order chi connectivity index (χ0) is 16.9. The van der Waals surface area contributed by atoms with Crippen LogP contribution in [0, 0.1) is 6.92 Å². The number of nitrogens with one attached hydrogen (secondary N) is 1. The highest BCUT2D eigenvalue weighted by Gasteiger charge is 2.17. The summed E-state index contributed by atoms with van der Waals surface area (Å²) in [6.07, 6.45) is 0.916. The second-order valence-corrected chi connectivity index (χ2v) is 7.68. The number of carbonyl (C=O) groups excluding carboxylic acids is 1. The minimum absolute atomic E-state index is 0.129. The molecular weight excluding hydrogens is 310 g/mol. The van der Waals surface area contributed by atoms with Crippen molar-refractivity contribution in [2.45, 2.75) is 26.0 Å². The number of aryl methyl sites for hydroxylation is 2. The molecule has 1 N–H and O–H groups in total. The van der Waals surface area contributed by atoms with E-state index >= 15 is 0 Å². The van der Waals surface area contributed by atoms with Gasteiger partial charge in [0.05, 0.1) is 5.75 Å². The minimum Gasteiger partial charge on any atom is -0.325 e. The van der Waals surface area contributed by atoms with Crippen LogP contribution in [-0.2, 0) is 26.8 Å². The Morgan fingerprint density at radius 1 is 0.957 bits per heavy atom. The van der Waals surface area contributed by atoms with Gasteiger partial charge in [0.1, 0.15) is 5.75 Å². The van der Waals surface area contributed by atoms with Gasteiger partial charge >= 0.3 is 0 Å². The molecule has 0 spiro atoms. The molecule has 2 aromatic carbocycles. The number of hydrogen-bond donors (Lipinski definition) is 1. The highest BCUT2D eigenvalue weighted by Crippen LogP contribution is 2.12. The van der Waals surface area contributed by atoms with Gasteiger partial charge in [0.15, 0.2) is 9.84 Å². The largest absolute Gasteiger partial charge is 0.325 e. The summed E-state index contributed by atoms with van der Waals surface area (Å²) >= 11 is 0. The van der Waals surface area contributed by atoms with E-state index in [2.05, 4.69) is 5.32 Å². The smallest absolute Gasteiger partial charge is 0.239 e. The zero-order valence-electron chi connectivity index (χ0n) is 13.4. The maximum absolute atomic E-state index is 12.1. The molecule has 4 nitrogen and oxygen atoms in total. The van der Waals surface area contributed by atoms with E-state index in [1.54, 1.807) is 24.3 Å². The molecule has 0 unspecified atom stereocenters. The first-order valence-electron chi connectivity index (χ1n) is 7.53. The first-order chi connectivity index (χ1) is 10.9. The van der Waals surface area contributed by atoms with E-state index in [1.165, 1.54) is 0 Å². The summed E-state index contributed by atoms with van der Waals surface area (Å²) in [5.41, 5.74) is 3.53. The minimum atomic E-state index is -3.49. The van der Waals surface area contributed by atoms with E-state index in [0.717, 1.165) is 17.5 Å². The van der Waals surface area contributed by atoms with Crippen molar-refractivity contribution in [2.75, 3.05) is 11.1 Å². The van der Waals surface area contributed by atoms with Gasteiger partial charge in [0, 0.05) is 5.69 Å². The van der Waals surface area contributed by atoms with Crippen LogP contribution in [0.3, 0.4) is 0 Å². The maximum Gasteiger partial charge on any atom is 0.239 e. The molecular formula is C18H21NO3S. The van der Waals surface area contributed by atoms with Crippen molar-refractivity contribution >= 4 is 21.4 Å². The van der Waals surface area contributed by atoms with Crippen LogP contribution in [0.2, 0.25) is 0 Å². The van der Waals surface area contributed by atoms with Crippen LogP contribution in [0.1, 0.15) is 23.6 Å². The molecule has 0 heterocycles. The van der Waals surface area contributed by atoms with Crippen LogP contribution in [0.5, 0.6) is 0 Å². The van der Waals surface area contributed by atoms with Crippen LogP contribution < -0.4 is 5.32 Å². The van der Waals surface area contributed by atoms with Crippen LogP contribution in [0.15, 0.2) is 48.5 Å². The van der Waals surface area contributed by atoms with Crippen LogP contribution >= 0.6 is 0 Å². The van der Waals surface area contributed by atoms with Gasteiger partial charge in [-0.25, -0.2) is 8.42 Å². The maximum atomic E-state index is 12.1. The van der Waals surface area contributed by atoms with Crippen LogP contribution in [0.4, 0.5) is 5.69 Å². The van der Waals surface area contributed by atoms with Gasteiger partial charge in [-0.15, -0.1) is 0 Å². The summed E-state index contributed by atoms with van der Waals surface area (Å²) in [5.74, 6) is -1.16. The molecule has 0 bridgehead atoms. The van der Waals surface area contributed by atoms with E-state index in [1.807, 2.05) is 38.1 Å². The van der Waals surface area contributed by atoms with Crippen molar-refractivity contribution < 1.29 is 13.2 Å². The van der Waals surface area contributed by atoms with Crippen molar-refractivity contribution in [1.29, 1.82) is 0 Å². The normalized spacial score (nSPS) is 11.2. The molecule has 122 valence electrons. The number of amides is 1. The fourth-order valence-corrected chi connectivity index (χ4v) is 3.48. The van der Waals surface area contributed by atoms with Gasteiger partial charge in [-0.05, 0) is 36.6 Å². The van der Waals surface area contributed by atoms with Crippen molar-refractivity contribution in [3.05, 3.63) is 65.2 Å². The number of carbonyl (C=O) groups is 1. The molecule has 0 aliphatic heterocycles. The predicted molar refractivity (Wildman–Crippen MR) is 93.1 cm³/mol. The first kappa shape index (κ1) is 17.2. The lowest BCUT2D eigenvalue weighted by Crippen LogP contribution is -2.23. The quantitative estimate of drug-likeness (QED) is 0.884. The highest BCUT2D eigenvalue weighted by atomic mass is 32.2. The van der Waals surface area contributed by atoms with Gasteiger partial charge in [0.2, 0.25) is 5.91 Å². The third-order valence-corrected chi connectivity index (χ3v) is 4.98. The molecule has 0 saturated carbocycles. The second kappa shape index (κ2) is 7.42. The Hall–Kier alpha value is -2.14. The van der Waals surface area contributed by atoms with Crippen molar-refractivity contribution in [3.8, 4) is 0 Å². The number of hydrogen-bond acceptors (Lipinski definition) is 3. The fraction of sp³-hybridized carbons (Fsp3) is 0.278. The Labute approximate surface area is 137 Å². The average Bonchev–Trinajstić information content (AvgIpc) is 2.49. The molecule has 0 saturated heterocycles. The Morgan fingerprint density at radius 2 is 1.52 bits per heavy atom. The first-order valence-corrected chi connectivity index (χ1v) is 9.35.